The molecule has 3 heterocycles. The highest BCUT2D eigenvalue weighted by Gasteiger charge is 2.42. The summed E-state index contributed by atoms with van der Waals surface area (Å²) in [5.41, 5.74) is 5.46. The Balaban J connectivity index is 1.71. The van der Waals surface area contributed by atoms with Crippen LogP contribution >= 0.6 is 0 Å². The van der Waals surface area contributed by atoms with Crippen molar-refractivity contribution in [1.29, 1.82) is 0 Å². The highest BCUT2D eigenvalue weighted by Crippen LogP contribution is 2.39. The maximum absolute atomic E-state index is 13.7. The first-order valence-corrected chi connectivity index (χ1v) is 10.1. The number of rotatable bonds is 5. The third kappa shape index (κ3) is 4.51. The van der Waals surface area contributed by atoms with Crippen LogP contribution in [0.5, 0.6) is 5.75 Å². The smallest absolute Gasteiger partial charge is 0.419 e. The first-order valence-electron chi connectivity index (χ1n) is 10.1. The van der Waals surface area contributed by atoms with Gasteiger partial charge in [-0.1, -0.05) is 6.07 Å². The van der Waals surface area contributed by atoms with Crippen molar-refractivity contribution in [3.8, 4) is 5.75 Å². The Hall–Kier alpha value is -3.24. The highest BCUT2D eigenvalue weighted by atomic mass is 19.4. The number of nitrogens with two attached hydrogens (primary N) is 1. The molecule has 0 bridgehead atoms. The van der Waals surface area contributed by atoms with Crippen LogP contribution in [0.15, 0.2) is 66.1 Å². The number of aromatic nitrogens is 1. The van der Waals surface area contributed by atoms with E-state index in [9.17, 15) is 13.2 Å². The summed E-state index contributed by atoms with van der Waals surface area (Å²) < 4.78 is 51.9. The van der Waals surface area contributed by atoms with E-state index in [-0.39, 0.29) is 11.5 Å². The minimum atomic E-state index is -4.59. The van der Waals surface area contributed by atoms with Gasteiger partial charge in [0.25, 0.3) is 0 Å². The molecule has 0 aliphatic carbocycles. The van der Waals surface area contributed by atoms with Gasteiger partial charge in [-0.15, -0.1) is 0 Å². The average molecular weight is 447 g/mol. The SMILES string of the molecule is COc1cc(N2CCOCC2)ccc1C1(N)C=C(Nc2ccccn2)C(C(F)(F)F)=CN1. The van der Waals surface area contributed by atoms with Crippen molar-refractivity contribution in [2.24, 2.45) is 5.73 Å². The summed E-state index contributed by atoms with van der Waals surface area (Å²) in [6, 6.07) is 10.4. The van der Waals surface area contributed by atoms with Crippen LogP contribution in [-0.2, 0) is 10.4 Å². The number of halogens is 3. The fraction of sp³-hybridized carbons (Fsp3) is 0.318. The van der Waals surface area contributed by atoms with Crippen molar-refractivity contribution >= 4 is 11.5 Å². The van der Waals surface area contributed by atoms with Gasteiger partial charge in [0.2, 0.25) is 0 Å². The summed E-state index contributed by atoms with van der Waals surface area (Å²) in [5, 5.41) is 5.45. The summed E-state index contributed by atoms with van der Waals surface area (Å²) in [6.45, 7) is 2.74. The van der Waals surface area contributed by atoms with Crippen LogP contribution in [0.3, 0.4) is 0 Å². The molecule has 10 heteroatoms. The first kappa shape index (κ1) is 22.0. The van der Waals surface area contributed by atoms with Gasteiger partial charge in [-0.3, -0.25) is 0 Å². The number of morpholine rings is 1. The molecule has 0 spiro atoms. The predicted octanol–water partition coefficient (Wildman–Crippen LogP) is 3.08. The quantitative estimate of drug-likeness (QED) is 0.650. The van der Waals surface area contributed by atoms with Gasteiger partial charge in [0, 0.05) is 42.8 Å². The summed E-state index contributed by atoms with van der Waals surface area (Å²) in [6.07, 6.45) is -0.923. The number of benzene rings is 1. The zero-order valence-corrected chi connectivity index (χ0v) is 17.4. The van der Waals surface area contributed by atoms with Gasteiger partial charge < -0.3 is 30.7 Å². The molecule has 170 valence electrons. The standard InChI is InChI=1S/C22H24F3N5O2/c1-31-19-12-15(30-8-10-32-11-9-30)5-6-16(19)21(26)13-18(17(14-28-21)22(23,24)25)29-20-4-2-3-7-27-20/h2-7,12-14,28H,8-11,26H2,1H3,(H,27,29). The summed E-state index contributed by atoms with van der Waals surface area (Å²) in [4.78, 5) is 6.21. The number of anilines is 2. The van der Waals surface area contributed by atoms with E-state index in [1.54, 1.807) is 24.3 Å². The molecule has 1 aromatic heterocycles. The molecule has 1 saturated heterocycles. The van der Waals surface area contributed by atoms with Crippen LogP contribution in [0.1, 0.15) is 5.56 Å². The van der Waals surface area contributed by atoms with Crippen molar-refractivity contribution in [3.05, 3.63) is 71.7 Å². The molecule has 4 rings (SSSR count). The van der Waals surface area contributed by atoms with E-state index in [0.717, 1.165) is 25.0 Å². The van der Waals surface area contributed by atoms with Crippen LogP contribution in [-0.4, -0.2) is 44.6 Å². The van der Waals surface area contributed by atoms with Gasteiger partial charge >= 0.3 is 6.18 Å². The van der Waals surface area contributed by atoms with Crippen LogP contribution in [0.25, 0.3) is 0 Å². The number of hydrogen-bond acceptors (Lipinski definition) is 7. The Labute approximate surface area is 183 Å². The van der Waals surface area contributed by atoms with Crippen molar-refractivity contribution < 1.29 is 22.6 Å². The second-order valence-corrected chi connectivity index (χ2v) is 7.45. The molecular weight excluding hydrogens is 423 g/mol. The summed E-state index contributed by atoms with van der Waals surface area (Å²) in [5.74, 6) is 0.731. The van der Waals surface area contributed by atoms with Crippen LogP contribution in [0, 0.1) is 0 Å². The fourth-order valence-corrected chi connectivity index (χ4v) is 3.72. The molecule has 2 aromatic rings. The Morgan fingerprint density at radius 1 is 1.22 bits per heavy atom. The third-order valence-electron chi connectivity index (χ3n) is 5.36. The Kier molecular flexibility index (Phi) is 5.98. The zero-order valence-electron chi connectivity index (χ0n) is 17.4. The lowest BCUT2D eigenvalue weighted by Crippen LogP contribution is -2.50. The molecule has 0 radical (unpaired) electrons. The fourth-order valence-electron chi connectivity index (χ4n) is 3.72. The lowest BCUT2D eigenvalue weighted by molar-refractivity contribution is -0.0900. The zero-order chi connectivity index (χ0) is 22.8. The minimum Gasteiger partial charge on any atom is -0.496 e. The lowest BCUT2D eigenvalue weighted by atomic mass is 9.93. The predicted molar refractivity (Wildman–Crippen MR) is 115 cm³/mol. The van der Waals surface area contributed by atoms with E-state index in [2.05, 4.69) is 20.5 Å². The second-order valence-electron chi connectivity index (χ2n) is 7.45. The molecule has 0 amide bonds. The molecule has 0 saturated carbocycles. The number of ether oxygens (including phenoxy) is 2. The number of hydrogen-bond donors (Lipinski definition) is 3. The molecule has 1 unspecified atom stereocenters. The lowest BCUT2D eigenvalue weighted by Gasteiger charge is -2.35. The van der Waals surface area contributed by atoms with Crippen LogP contribution in [0.2, 0.25) is 0 Å². The van der Waals surface area contributed by atoms with Crippen molar-refractivity contribution in [2.45, 2.75) is 11.8 Å². The topological polar surface area (TPSA) is 84.7 Å². The van der Waals surface area contributed by atoms with Crippen LogP contribution in [0.4, 0.5) is 24.7 Å². The van der Waals surface area contributed by atoms with E-state index in [1.807, 2.05) is 12.1 Å². The van der Waals surface area contributed by atoms with Gasteiger partial charge in [-0.2, -0.15) is 13.2 Å². The molecule has 1 aromatic carbocycles. The largest absolute Gasteiger partial charge is 0.496 e. The van der Waals surface area contributed by atoms with Gasteiger partial charge in [0.15, 0.2) is 0 Å². The van der Waals surface area contributed by atoms with Gasteiger partial charge in [0.05, 0.1) is 31.6 Å². The summed E-state index contributed by atoms with van der Waals surface area (Å²) >= 11 is 0. The van der Waals surface area contributed by atoms with Gasteiger partial charge in [0.1, 0.15) is 17.2 Å². The number of nitrogens with zero attached hydrogens (tertiary/aromatic N) is 2. The Bertz CT molecular complexity index is 1020. The second kappa shape index (κ2) is 8.71. The first-order chi connectivity index (χ1) is 15.3. The van der Waals surface area contributed by atoms with Gasteiger partial charge in [-0.05, 0) is 30.3 Å². The summed E-state index contributed by atoms with van der Waals surface area (Å²) in [7, 11) is 1.50. The number of methoxy groups -OCH3 is 1. The van der Waals surface area contributed by atoms with Crippen molar-refractivity contribution in [2.75, 3.05) is 43.6 Å². The van der Waals surface area contributed by atoms with E-state index in [1.165, 1.54) is 19.4 Å². The number of dihydropyridines is 1. The number of alkyl halides is 3. The van der Waals surface area contributed by atoms with E-state index in [4.69, 9.17) is 15.2 Å². The molecular formula is C22H24F3N5O2. The maximum Gasteiger partial charge on any atom is 0.419 e. The molecule has 1 fully saturated rings. The number of allylic oxidation sites excluding steroid dienone is 1. The Morgan fingerprint density at radius 2 is 2.00 bits per heavy atom. The minimum absolute atomic E-state index is 0.197. The van der Waals surface area contributed by atoms with E-state index >= 15 is 0 Å². The monoisotopic (exact) mass is 447 g/mol. The molecule has 2 aliphatic rings. The third-order valence-corrected chi connectivity index (χ3v) is 5.36. The van der Waals surface area contributed by atoms with Crippen molar-refractivity contribution in [3.63, 3.8) is 0 Å². The molecule has 7 nitrogen and oxygen atoms in total. The van der Waals surface area contributed by atoms with E-state index < -0.39 is 17.4 Å². The number of pyridine rings is 1. The van der Waals surface area contributed by atoms with Crippen molar-refractivity contribution in [1.82, 2.24) is 10.3 Å². The molecule has 32 heavy (non-hydrogen) atoms. The van der Waals surface area contributed by atoms with Gasteiger partial charge in [-0.25, -0.2) is 4.98 Å². The Morgan fingerprint density at radius 3 is 2.66 bits per heavy atom. The van der Waals surface area contributed by atoms with E-state index in [0.29, 0.717) is 24.5 Å². The molecule has 4 N–H and O–H groups in total. The normalized spacial score (nSPS) is 21.3. The maximum atomic E-state index is 13.7. The van der Waals surface area contributed by atoms with Crippen LogP contribution < -0.4 is 26.0 Å². The average Bonchev–Trinajstić information content (AvgIpc) is 2.79. The molecule has 2 aliphatic heterocycles. The number of nitrogens with one attached hydrogen (secondary N) is 2. The highest BCUT2D eigenvalue weighted by molar-refractivity contribution is 5.59. The molecule has 1 atom stereocenters.